The van der Waals surface area contributed by atoms with Gasteiger partial charge in [0, 0.05) is 30.1 Å². The van der Waals surface area contributed by atoms with Crippen LogP contribution in [-0.2, 0) is 22.6 Å². The minimum Gasteiger partial charge on any atom is -0.486 e. The minimum absolute atomic E-state index is 0.00519. The first-order chi connectivity index (χ1) is 16.9. The van der Waals surface area contributed by atoms with E-state index in [1.54, 1.807) is 13.0 Å². The molecular formula is C23H30N6O6. The topological polar surface area (TPSA) is 145 Å². The van der Waals surface area contributed by atoms with Gasteiger partial charge in [-0.3, -0.25) is 14.5 Å². The van der Waals surface area contributed by atoms with Gasteiger partial charge in [0.25, 0.3) is 5.56 Å². The van der Waals surface area contributed by atoms with Crippen LogP contribution in [0.4, 0.5) is 0 Å². The van der Waals surface area contributed by atoms with Crippen molar-refractivity contribution in [2.75, 3.05) is 33.0 Å². The number of aliphatic hydroxyl groups excluding tert-OH is 1. The molecule has 0 fully saturated rings. The summed E-state index contributed by atoms with van der Waals surface area (Å²) in [6, 6.07) is 5.05. The fourth-order valence-corrected chi connectivity index (χ4v) is 4.32. The molecule has 3 aromatic rings. The highest BCUT2D eigenvalue weighted by molar-refractivity contribution is 5.83. The Morgan fingerprint density at radius 1 is 1.26 bits per heavy atom. The Balaban J connectivity index is 1.67. The molecule has 2 N–H and O–H groups in total. The van der Waals surface area contributed by atoms with E-state index >= 15 is 0 Å². The molecule has 1 aromatic carbocycles. The van der Waals surface area contributed by atoms with E-state index in [4.69, 9.17) is 14.2 Å². The number of carbonyl (C=O) groups excluding carboxylic acids is 1. The van der Waals surface area contributed by atoms with E-state index in [1.165, 1.54) is 4.68 Å². The molecule has 12 heteroatoms. The zero-order valence-corrected chi connectivity index (χ0v) is 20.1. The molecule has 12 nitrogen and oxygen atoms in total. The van der Waals surface area contributed by atoms with Crippen LogP contribution in [0.2, 0.25) is 0 Å². The number of nitrogens with one attached hydrogen (secondary N) is 1. The van der Waals surface area contributed by atoms with E-state index in [0.717, 1.165) is 5.39 Å². The SMILES string of the molecule is CCOC(=O)Cn1nnnc1[C@H](C(C)C)N(CCO)Cc1cc2cc3c(cc2[nH]c1=O)OCCO3. The van der Waals surface area contributed by atoms with E-state index in [1.807, 2.05) is 30.9 Å². The van der Waals surface area contributed by atoms with Gasteiger partial charge in [0.15, 0.2) is 17.3 Å². The van der Waals surface area contributed by atoms with Crippen LogP contribution in [0, 0.1) is 5.92 Å². The molecule has 4 rings (SSSR count). The highest BCUT2D eigenvalue weighted by Gasteiger charge is 2.30. The Morgan fingerprint density at radius 3 is 2.69 bits per heavy atom. The first-order valence-electron chi connectivity index (χ1n) is 11.6. The number of aliphatic hydroxyl groups is 1. The number of fused-ring (bicyclic) bond motifs is 2. The molecule has 0 saturated heterocycles. The van der Waals surface area contributed by atoms with Crippen molar-refractivity contribution in [3.63, 3.8) is 0 Å². The molecule has 1 aliphatic rings. The summed E-state index contributed by atoms with van der Waals surface area (Å²) in [5.74, 6) is 1.25. The third kappa shape index (κ3) is 5.43. The van der Waals surface area contributed by atoms with Gasteiger partial charge in [-0.2, -0.15) is 0 Å². The second kappa shape index (κ2) is 10.8. The predicted octanol–water partition coefficient (Wildman–Crippen LogP) is 1.04. The fourth-order valence-electron chi connectivity index (χ4n) is 4.32. The van der Waals surface area contributed by atoms with Crippen molar-refractivity contribution < 1.29 is 24.1 Å². The van der Waals surface area contributed by atoms with Crippen LogP contribution in [0.15, 0.2) is 23.0 Å². The second-order valence-electron chi connectivity index (χ2n) is 8.59. The van der Waals surface area contributed by atoms with Crippen molar-refractivity contribution in [2.24, 2.45) is 5.92 Å². The fraction of sp³-hybridized carbons (Fsp3) is 0.522. The molecule has 1 aliphatic heterocycles. The Hall–Kier alpha value is -3.51. The normalized spacial score (nSPS) is 14.0. The third-order valence-corrected chi connectivity index (χ3v) is 5.78. The molecule has 0 unspecified atom stereocenters. The van der Waals surface area contributed by atoms with Gasteiger partial charge in [0.2, 0.25) is 0 Å². The van der Waals surface area contributed by atoms with E-state index in [0.29, 0.717) is 41.6 Å². The predicted molar refractivity (Wildman–Crippen MR) is 125 cm³/mol. The van der Waals surface area contributed by atoms with Gasteiger partial charge >= 0.3 is 5.97 Å². The minimum atomic E-state index is -0.447. The Kier molecular flexibility index (Phi) is 7.61. The van der Waals surface area contributed by atoms with Gasteiger partial charge in [-0.25, -0.2) is 4.68 Å². The molecule has 0 bridgehead atoms. The van der Waals surface area contributed by atoms with Crippen LogP contribution in [-0.4, -0.2) is 74.1 Å². The summed E-state index contributed by atoms with van der Waals surface area (Å²) in [7, 11) is 0. The number of benzene rings is 1. The highest BCUT2D eigenvalue weighted by atomic mass is 16.6. The number of H-pyrrole nitrogens is 1. The lowest BCUT2D eigenvalue weighted by Gasteiger charge is -2.33. The monoisotopic (exact) mass is 486 g/mol. The molecule has 188 valence electrons. The van der Waals surface area contributed by atoms with Crippen molar-refractivity contribution in [2.45, 2.75) is 39.9 Å². The lowest BCUT2D eigenvalue weighted by Crippen LogP contribution is -2.37. The number of aromatic amines is 1. The zero-order chi connectivity index (χ0) is 24.9. The molecule has 0 amide bonds. The summed E-state index contributed by atoms with van der Waals surface area (Å²) in [5.41, 5.74) is 0.916. The van der Waals surface area contributed by atoms with E-state index in [9.17, 15) is 14.7 Å². The number of pyridine rings is 1. The third-order valence-electron chi connectivity index (χ3n) is 5.78. The highest BCUT2D eigenvalue weighted by Crippen LogP contribution is 2.34. The standard InChI is InChI=1S/C23H30N6O6/c1-4-33-20(31)13-29-22(25-26-27-29)21(14(2)3)28(5-6-30)12-16-9-15-10-18-19(35-8-7-34-18)11-17(15)24-23(16)32/h9-11,14,21,30H,4-8,12-13H2,1-3H3,(H,24,32)/t21-/m0/s1. The number of esters is 1. The summed E-state index contributed by atoms with van der Waals surface area (Å²) in [6.45, 7) is 7.14. The van der Waals surface area contributed by atoms with Gasteiger partial charge in [0.05, 0.1) is 24.8 Å². The van der Waals surface area contributed by atoms with Crippen LogP contribution >= 0.6 is 0 Å². The second-order valence-corrected chi connectivity index (χ2v) is 8.59. The summed E-state index contributed by atoms with van der Waals surface area (Å²) >= 11 is 0. The first kappa shape index (κ1) is 24.6. The number of tetrazole rings is 1. The largest absolute Gasteiger partial charge is 0.486 e. The van der Waals surface area contributed by atoms with E-state index in [-0.39, 0.29) is 50.4 Å². The molecule has 3 heterocycles. The van der Waals surface area contributed by atoms with Gasteiger partial charge in [-0.1, -0.05) is 13.8 Å². The zero-order valence-electron chi connectivity index (χ0n) is 20.1. The molecule has 0 spiro atoms. The summed E-state index contributed by atoms with van der Waals surface area (Å²) in [6.07, 6.45) is 0. The molecule has 0 saturated carbocycles. The quantitative estimate of drug-likeness (QED) is 0.399. The van der Waals surface area contributed by atoms with Gasteiger partial charge in [-0.05, 0) is 35.4 Å². The number of rotatable bonds is 10. The molecule has 2 aromatic heterocycles. The van der Waals surface area contributed by atoms with Gasteiger partial charge in [0.1, 0.15) is 19.8 Å². The number of aromatic nitrogens is 5. The van der Waals surface area contributed by atoms with Crippen LogP contribution < -0.4 is 15.0 Å². The first-order valence-corrected chi connectivity index (χ1v) is 11.6. The molecular weight excluding hydrogens is 456 g/mol. The number of hydrogen-bond acceptors (Lipinski definition) is 10. The Labute approximate surface area is 201 Å². The van der Waals surface area contributed by atoms with E-state index < -0.39 is 5.97 Å². The van der Waals surface area contributed by atoms with Crippen molar-refractivity contribution in [1.29, 1.82) is 0 Å². The summed E-state index contributed by atoms with van der Waals surface area (Å²) in [5, 5.41) is 22.5. The molecule has 1 atom stereocenters. The Morgan fingerprint density at radius 2 is 2.00 bits per heavy atom. The molecule has 35 heavy (non-hydrogen) atoms. The average molecular weight is 487 g/mol. The van der Waals surface area contributed by atoms with Crippen molar-refractivity contribution >= 4 is 16.9 Å². The lowest BCUT2D eigenvalue weighted by molar-refractivity contribution is -0.144. The molecule has 0 aliphatic carbocycles. The maximum absolute atomic E-state index is 13.0. The molecule has 0 radical (unpaired) electrons. The van der Waals surface area contributed by atoms with Crippen molar-refractivity contribution in [1.82, 2.24) is 30.1 Å². The number of ether oxygens (including phenoxy) is 3. The summed E-state index contributed by atoms with van der Waals surface area (Å²) < 4.78 is 17.7. The lowest BCUT2D eigenvalue weighted by atomic mass is 10.0. The average Bonchev–Trinajstić information content (AvgIpc) is 3.25. The van der Waals surface area contributed by atoms with Crippen molar-refractivity contribution in [3.8, 4) is 11.5 Å². The van der Waals surface area contributed by atoms with Crippen molar-refractivity contribution in [3.05, 3.63) is 39.9 Å². The maximum atomic E-state index is 13.0. The number of nitrogens with zero attached hydrogens (tertiary/aromatic N) is 5. The maximum Gasteiger partial charge on any atom is 0.327 e. The van der Waals surface area contributed by atoms with E-state index in [2.05, 4.69) is 20.5 Å². The van der Waals surface area contributed by atoms with Crippen LogP contribution in [0.25, 0.3) is 10.9 Å². The van der Waals surface area contributed by atoms with Gasteiger partial charge < -0.3 is 24.3 Å². The van der Waals surface area contributed by atoms with Gasteiger partial charge in [-0.15, -0.1) is 5.10 Å². The Bertz CT molecular complexity index is 1240. The number of carbonyl (C=O) groups is 1. The summed E-state index contributed by atoms with van der Waals surface area (Å²) in [4.78, 5) is 29.9. The smallest absolute Gasteiger partial charge is 0.327 e. The van der Waals surface area contributed by atoms with Crippen LogP contribution in [0.3, 0.4) is 0 Å². The van der Waals surface area contributed by atoms with Crippen LogP contribution in [0.5, 0.6) is 11.5 Å². The number of hydrogen-bond donors (Lipinski definition) is 2. The van der Waals surface area contributed by atoms with Crippen LogP contribution in [0.1, 0.15) is 38.2 Å².